The fraction of sp³-hybridized carbons (Fsp3) is 0.500. The zero-order valence-corrected chi connectivity index (χ0v) is 14.8. The van der Waals surface area contributed by atoms with Gasteiger partial charge in [0.05, 0.1) is 11.7 Å². The molecule has 1 aromatic carbocycles. The highest BCUT2D eigenvalue weighted by Crippen LogP contribution is 2.53. The summed E-state index contributed by atoms with van der Waals surface area (Å²) >= 11 is 0. The Morgan fingerprint density at radius 1 is 1.28 bits per heavy atom. The van der Waals surface area contributed by atoms with E-state index >= 15 is 0 Å². The van der Waals surface area contributed by atoms with Crippen LogP contribution in [-0.4, -0.2) is 27.3 Å². The van der Waals surface area contributed by atoms with Crippen molar-refractivity contribution < 1.29 is 4.79 Å². The van der Waals surface area contributed by atoms with Gasteiger partial charge in [0.15, 0.2) is 0 Å². The van der Waals surface area contributed by atoms with E-state index < -0.39 is 0 Å². The Bertz CT molecular complexity index is 741. The van der Waals surface area contributed by atoms with E-state index in [-0.39, 0.29) is 11.6 Å². The maximum absolute atomic E-state index is 13.1. The van der Waals surface area contributed by atoms with Crippen molar-refractivity contribution >= 4 is 11.8 Å². The molecule has 1 N–H and O–H groups in total. The van der Waals surface area contributed by atoms with Gasteiger partial charge in [0, 0.05) is 25.1 Å². The summed E-state index contributed by atoms with van der Waals surface area (Å²) in [5, 5.41) is 7.39. The van der Waals surface area contributed by atoms with Crippen LogP contribution in [0.5, 0.6) is 0 Å². The van der Waals surface area contributed by atoms with Crippen molar-refractivity contribution in [3.8, 4) is 0 Å². The molecule has 1 saturated carbocycles. The number of fused-ring (bicyclic) bond motifs is 1. The molecule has 2 heterocycles. The monoisotopic (exact) mass is 338 g/mol. The van der Waals surface area contributed by atoms with E-state index in [4.69, 9.17) is 0 Å². The van der Waals surface area contributed by atoms with E-state index in [0.29, 0.717) is 5.92 Å². The van der Waals surface area contributed by atoms with Crippen molar-refractivity contribution in [1.82, 2.24) is 14.7 Å². The van der Waals surface area contributed by atoms with Gasteiger partial charge in [-0.15, -0.1) is 0 Å². The standard InChI is InChI=1S/C20H26N4O/c1-2-14-24-18(11-13-21-24)22-19(25)23-15-17-10-6-7-12-20(17,23)16-8-4-3-5-9-16/h3-5,8-9,11,13,17H,2,6-7,10,12,14-15H2,1H3,(H,22,25)/t17-,20+/m1/s1. The van der Waals surface area contributed by atoms with Crippen LogP contribution in [0.1, 0.15) is 44.6 Å². The average Bonchev–Trinajstić information content (AvgIpc) is 3.04. The molecule has 4 rings (SSSR count). The summed E-state index contributed by atoms with van der Waals surface area (Å²) < 4.78 is 1.87. The highest BCUT2D eigenvalue weighted by molar-refractivity contribution is 5.90. The number of nitrogens with one attached hydrogen (secondary N) is 1. The maximum atomic E-state index is 13.1. The van der Waals surface area contributed by atoms with Gasteiger partial charge in [-0.3, -0.25) is 5.32 Å². The van der Waals surface area contributed by atoms with E-state index in [1.807, 2.05) is 16.8 Å². The van der Waals surface area contributed by atoms with Crippen LogP contribution in [0, 0.1) is 5.92 Å². The highest BCUT2D eigenvalue weighted by Gasteiger charge is 2.57. The number of hydrogen-bond acceptors (Lipinski definition) is 2. The Balaban J connectivity index is 1.59. The van der Waals surface area contributed by atoms with Crippen molar-refractivity contribution in [2.75, 3.05) is 11.9 Å². The van der Waals surface area contributed by atoms with Gasteiger partial charge in [-0.25, -0.2) is 9.48 Å². The lowest BCUT2D eigenvalue weighted by molar-refractivity contribution is -0.0756. The molecule has 132 valence electrons. The minimum atomic E-state index is -0.126. The first-order valence-corrected chi connectivity index (χ1v) is 9.41. The number of carbonyl (C=O) groups excluding carboxylic acids is 1. The van der Waals surface area contributed by atoms with E-state index in [9.17, 15) is 4.79 Å². The summed E-state index contributed by atoms with van der Waals surface area (Å²) in [5.74, 6) is 1.37. The molecule has 2 atom stereocenters. The number of nitrogens with zero attached hydrogens (tertiary/aromatic N) is 3. The van der Waals surface area contributed by atoms with Crippen LogP contribution in [0.3, 0.4) is 0 Å². The normalized spacial score (nSPS) is 25.2. The molecule has 1 aromatic heterocycles. The van der Waals surface area contributed by atoms with Gasteiger partial charge >= 0.3 is 6.03 Å². The quantitative estimate of drug-likeness (QED) is 0.907. The van der Waals surface area contributed by atoms with Crippen LogP contribution in [0.2, 0.25) is 0 Å². The molecule has 5 nitrogen and oxygen atoms in total. The molecule has 2 amide bonds. The summed E-state index contributed by atoms with van der Waals surface area (Å²) in [4.78, 5) is 15.1. The predicted molar refractivity (Wildman–Crippen MR) is 98.3 cm³/mol. The zero-order valence-electron chi connectivity index (χ0n) is 14.8. The summed E-state index contributed by atoms with van der Waals surface area (Å²) in [7, 11) is 0. The molecule has 0 radical (unpaired) electrons. The fourth-order valence-corrected chi connectivity index (χ4v) is 4.63. The molecule has 2 fully saturated rings. The van der Waals surface area contributed by atoms with Crippen molar-refractivity contribution in [2.24, 2.45) is 5.92 Å². The number of likely N-dealkylation sites (tertiary alicyclic amines) is 1. The molecule has 1 aliphatic carbocycles. The van der Waals surface area contributed by atoms with Gasteiger partial charge in [0.1, 0.15) is 5.82 Å². The first-order valence-electron chi connectivity index (χ1n) is 9.41. The number of aryl methyl sites for hydroxylation is 1. The summed E-state index contributed by atoms with van der Waals surface area (Å²) in [5.41, 5.74) is 1.15. The molecular weight excluding hydrogens is 312 g/mol. The Kier molecular flexibility index (Phi) is 4.24. The average molecular weight is 338 g/mol. The van der Waals surface area contributed by atoms with E-state index in [1.165, 1.54) is 24.8 Å². The Morgan fingerprint density at radius 2 is 2.12 bits per heavy atom. The Hall–Kier alpha value is -2.30. The van der Waals surface area contributed by atoms with Crippen molar-refractivity contribution in [3.05, 3.63) is 48.2 Å². The third-order valence-corrected chi connectivity index (χ3v) is 5.83. The van der Waals surface area contributed by atoms with Gasteiger partial charge in [-0.05, 0) is 24.8 Å². The Labute approximate surface area is 149 Å². The molecule has 1 aliphatic heterocycles. The smallest absolute Gasteiger partial charge is 0.314 e. The van der Waals surface area contributed by atoms with Crippen molar-refractivity contribution in [3.63, 3.8) is 0 Å². The fourth-order valence-electron chi connectivity index (χ4n) is 4.63. The molecule has 2 aromatic rings. The molecule has 0 unspecified atom stereocenters. The number of carbonyl (C=O) groups is 1. The van der Waals surface area contributed by atoms with Gasteiger partial charge in [-0.2, -0.15) is 5.10 Å². The molecule has 0 bridgehead atoms. The SMILES string of the molecule is CCCn1nccc1NC(=O)N1C[C@H]2CCCC[C@]21c1ccccc1. The van der Waals surface area contributed by atoms with Crippen molar-refractivity contribution in [2.45, 2.75) is 51.1 Å². The van der Waals surface area contributed by atoms with Crippen molar-refractivity contribution in [1.29, 1.82) is 0 Å². The third kappa shape index (κ3) is 2.62. The van der Waals surface area contributed by atoms with E-state index in [2.05, 4.69) is 46.5 Å². The second-order valence-electron chi connectivity index (χ2n) is 7.21. The van der Waals surface area contributed by atoms with Gasteiger partial charge in [0.2, 0.25) is 0 Å². The number of hydrogen-bond donors (Lipinski definition) is 1. The summed E-state index contributed by atoms with van der Waals surface area (Å²) in [6.07, 6.45) is 7.47. The van der Waals surface area contributed by atoms with Crippen LogP contribution in [-0.2, 0) is 12.1 Å². The van der Waals surface area contributed by atoms with Crippen LogP contribution < -0.4 is 5.32 Å². The van der Waals surface area contributed by atoms with E-state index in [0.717, 1.165) is 31.7 Å². The largest absolute Gasteiger partial charge is 0.323 e. The lowest BCUT2D eigenvalue weighted by Gasteiger charge is -2.61. The van der Waals surface area contributed by atoms with Gasteiger partial charge in [0.25, 0.3) is 0 Å². The first kappa shape index (κ1) is 16.2. The minimum Gasteiger partial charge on any atom is -0.314 e. The van der Waals surface area contributed by atoms with Gasteiger partial charge < -0.3 is 4.90 Å². The second-order valence-corrected chi connectivity index (χ2v) is 7.21. The number of anilines is 1. The highest BCUT2D eigenvalue weighted by atomic mass is 16.2. The van der Waals surface area contributed by atoms with Crippen LogP contribution in [0.4, 0.5) is 10.6 Å². The summed E-state index contributed by atoms with van der Waals surface area (Å²) in [6, 6.07) is 12.4. The number of aromatic nitrogens is 2. The maximum Gasteiger partial charge on any atom is 0.323 e. The molecular formula is C20H26N4O. The lowest BCUT2D eigenvalue weighted by atomic mass is 9.62. The molecule has 0 spiro atoms. The number of urea groups is 1. The minimum absolute atomic E-state index is 0.000133. The second kappa shape index (κ2) is 6.54. The van der Waals surface area contributed by atoms with Crippen LogP contribution in [0.15, 0.2) is 42.6 Å². The topological polar surface area (TPSA) is 50.2 Å². The number of amides is 2. The first-order chi connectivity index (χ1) is 12.3. The van der Waals surface area contributed by atoms with E-state index in [1.54, 1.807) is 6.20 Å². The summed E-state index contributed by atoms with van der Waals surface area (Å²) in [6.45, 7) is 3.78. The molecule has 2 aliphatic rings. The van der Waals surface area contributed by atoms with Crippen LogP contribution in [0.25, 0.3) is 0 Å². The zero-order chi connectivity index (χ0) is 17.3. The van der Waals surface area contributed by atoms with Crippen LogP contribution >= 0.6 is 0 Å². The third-order valence-electron chi connectivity index (χ3n) is 5.83. The molecule has 1 saturated heterocycles. The Morgan fingerprint density at radius 3 is 2.88 bits per heavy atom. The molecule has 25 heavy (non-hydrogen) atoms. The number of benzene rings is 1. The lowest BCUT2D eigenvalue weighted by Crippen LogP contribution is -2.68. The number of rotatable bonds is 4. The molecule has 5 heteroatoms. The van der Waals surface area contributed by atoms with Gasteiger partial charge in [-0.1, -0.05) is 50.1 Å². The predicted octanol–water partition coefficient (Wildman–Crippen LogP) is 4.23.